The number of hydrogen-bond donors (Lipinski definition) is 1. The maximum atomic E-state index is 12.8. The second-order valence-corrected chi connectivity index (χ2v) is 7.97. The summed E-state index contributed by atoms with van der Waals surface area (Å²) in [4.78, 5) is 14.7. The first-order valence-corrected chi connectivity index (χ1v) is 9.44. The molecule has 6 nitrogen and oxygen atoms in total. The van der Waals surface area contributed by atoms with Crippen LogP contribution in [0.25, 0.3) is 0 Å². The smallest absolute Gasteiger partial charge is 0.318 e. The van der Waals surface area contributed by atoms with E-state index in [2.05, 4.69) is 19.2 Å². The maximum absolute atomic E-state index is 12.8. The van der Waals surface area contributed by atoms with Crippen molar-refractivity contribution in [3.8, 4) is 0 Å². The molecule has 0 aromatic carbocycles. The van der Waals surface area contributed by atoms with Gasteiger partial charge in [-0.25, -0.2) is 4.79 Å². The molecule has 1 N–H and O–H groups in total. The van der Waals surface area contributed by atoms with E-state index in [1.165, 1.54) is 0 Å². The number of rotatable bonds is 6. The summed E-state index contributed by atoms with van der Waals surface area (Å²) in [5, 5.41) is 3.10. The highest BCUT2D eigenvalue weighted by atomic mass is 16.5. The number of furan rings is 1. The van der Waals surface area contributed by atoms with Gasteiger partial charge in [-0.3, -0.25) is 0 Å². The van der Waals surface area contributed by atoms with Crippen LogP contribution in [0, 0.1) is 17.8 Å². The van der Waals surface area contributed by atoms with E-state index in [0.717, 1.165) is 31.7 Å². The molecule has 3 saturated heterocycles. The van der Waals surface area contributed by atoms with Crippen molar-refractivity contribution in [1.82, 2.24) is 10.2 Å². The monoisotopic (exact) mass is 348 g/mol. The molecule has 4 rings (SSSR count). The lowest BCUT2D eigenvalue weighted by Crippen LogP contribution is -2.42. The number of likely N-dealkylation sites (tertiary alicyclic amines) is 1. The Morgan fingerprint density at radius 1 is 1.28 bits per heavy atom. The van der Waals surface area contributed by atoms with E-state index in [1.807, 2.05) is 17.0 Å². The summed E-state index contributed by atoms with van der Waals surface area (Å²) in [6.07, 6.45) is 4.66. The zero-order chi connectivity index (χ0) is 17.4. The lowest BCUT2D eigenvalue weighted by Gasteiger charge is -2.23. The first kappa shape index (κ1) is 16.9. The second kappa shape index (κ2) is 7.00. The van der Waals surface area contributed by atoms with Gasteiger partial charge in [0.25, 0.3) is 0 Å². The fraction of sp³-hybridized carbons (Fsp3) is 0.737. The number of fused-ring (bicyclic) bond motifs is 5. The molecule has 3 aliphatic rings. The Morgan fingerprint density at radius 2 is 2.00 bits per heavy atom. The molecule has 4 heterocycles. The largest absolute Gasteiger partial charge is 0.467 e. The van der Waals surface area contributed by atoms with Crippen LogP contribution in [0.4, 0.5) is 4.79 Å². The third kappa shape index (κ3) is 3.42. The predicted octanol–water partition coefficient (Wildman–Crippen LogP) is 2.81. The van der Waals surface area contributed by atoms with Gasteiger partial charge in [-0.15, -0.1) is 0 Å². The number of carbonyl (C=O) groups excluding carboxylic acids is 1. The third-order valence-corrected chi connectivity index (χ3v) is 5.66. The highest BCUT2D eigenvalue weighted by Gasteiger charge is 2.53. The summed E-state index contributed by atoms with van der Waals surface area (Å²) in [5.41, 5.74) is 0. The standard InChI is InChI=1S/C19H28N2O4/c1-12(2)10-23-11-15(18-4-3-7-24-18)20-19(22)21-8-13-14(9-21)17-6-5-16(13)25-17/h3-4,7,12-17H,5-6,8-11H2,1-2H3,(H,20,22)/t13-,14-,15-,16+,17+/m0/s1. The topological polar surface area (TPSA) is 63.9 Å². The average molecular weight is 348 g/mol. The van der Waals surface area contributed by atoms with Crippen molar-refractivity contribution in [3.63, 3.8) is 0 Å². The molecule has 6 heteroatoms. The number of nitrogens with zero attached hydrogens (tertiary/aromatic N) is 1. The van der Waals surface area contributed by atoms with Gasteiger partial charge in [-0.1, -0.05) is 13.8 Å². The summed E-state index contributed by atoms with van der Waals surface area (Å²) in [6, 6.07) is 3.45. The maximum Gasteiger partial charge on any atom is 0.318 e. The van der Waals surface area contributed by atoms with E-state index in [4.69, 9.17) is 13.9 Å². The van der Waals surface area contributed by atoms with E-state index >= 15 is 0 Å². The molecule has 25 heavy (non-hydrogen) atoms. The van der Waals surface area contributed by atoms with Crippen molar-refractivity contribution in [1.29, 1.82) is 0 Å². The molecule has 1 aromatic rings. The van der Waals surface area contributed by atoms with Crippen LogP contribution in [0.2, 0.25) is 0 Å². The van der Waals surface area contributed by atoms with Crippen molar-refractivity contribution in [2.75, 3.05) is 26.3 Å². The Labute approximate surface area is 148 Å². The molecule has 0 aliphatic carbocycles. The molecule has 0 radical (unpaired) electrons. The lowest BCUT2D eigenvalue weighted by atomic mass is 9.82. The number of amides is 2. The minimum Gasteiger partial charge on any atom is -0.467 e. The van der Waals surface area contributed by atoms with Crippen LogP contribution in [0.1, 0.15) is 38.5 Å². The first-order chi connectivity index (χ1) is 12.1. The van der Waals surface area contributed by atoms with Gasteiger partial charge in [0, 0.05) is 31.5 Å². The molecule has 3 aliphatic heterocycles. The first-order valence-electron chi connectivity index (χ1n) is 9.44. The van der Waals surface area contributed by atoms with E-state index in [-0.39, 0.29) is 12.1 Å². The van der Waals surface area contributed by atoms with Gasteiger partial charge in [0.05, 0.1) is 25.1 Å². The van der Waals surface area contributed by atoms with E-state index in [1.54, 1.807) is 6.26 Å². The highest BCUT2D eigenvalue weighted by Crippen LogP contribution is 2.47. The number of hydrogen-bond acceptors (Lipinski definition) is 4. The van der Waals surface area contributed by atoms with Crippen LogP contribution in [0.5, 0.6) is 0 Å². The van der Waals surface area contributed by atoms with Gasteiger partial charge in [-0.2, -0.15) is 0 Å². The Morgan fingerprint density at radius 3 is 2.60 bits per heavy atom. The zero-order valence-corrected chi connectivity index (χ0v) is 15.0. The van der Waals surface area contributed by atoms with Gasteiger partial charge >= 0.3 is 6.03 Å². The summed E-state index contributed by atoms with van der Waals surface area (Å²) in [7, 11) is 0. The Balaban J connectivity index is 1.36. The quantitative estimate of drug-likeness (QED) is 0.859. The van der Waals surface area contributed by atoms with Crippen molar-refractivity contribution < 1.29 is 18.7 Å². The summed E-state index contributed by atoms with van der Waals surface area (Å²) < 4.78 is 17.2. The second-order valence-electron chi connectivity index (χ2n) is 7.97. The van der Waals surface area contributed by atoms with Crippen molar-refractivity contribution in [3.05, 3.63) is 24.2 Å². The number of carbonyl (C=O) groups is 1. The molecule has 1 aromatic heterocycles. The minimum absolute atomic E-state index is 0.0247. The van der Waals surface area contributed by atoms with Crippen LogP contribution in [-0.2, 0) is 9.47 Å². The van der Waals surface area contributed by atoms with Crippen LogP contribution in [0.3, 0.4) is 0 Å². The molecule has 0 unspecified atom stereocenters. The number of ether oxygens (including phenoxy) is 2. The highest BCUT2D eigenvalue weighted by molar-refractivity contribution is 5.75. The Kier molecular flexibility index (Phi) is 4.73. The Bertz CT molecular complexity index is 570. The normalized spacial score (nSPS) is 31.6. The van der Waals surface area contributed by atoms with Crippen molar-refractivity contribution in [2.45, 2.75) is 44.9 Å². The minimum atomic E-state index is -0.255. The van der Waals surface area contributed by atoms with Crippen LogP contribution in [-0.4, -0.2) is 49.4 Å². The zero-order valence-electron chi connectivity index (χ0n) is 15.0. The van der Waals surface area contributed by atoms with Crippen molar-refractivity contribution >= 4 is 6.03 Å². The average Bonchev–Trinajstić information content (AvgIpc) is 3.35. The summed E-state index contributed by atoms with van der Waals surface area (Å²) >= 11 is 0. The van der Waals surface area contributed by atoms with Gasteiger partial charge in [-0.05, 0) is 30.9 Å². The molecule has 3 fully saturated rings. The molecule has 138 valence electrons. The fourth-order valence-electron chi connectivity index (χ4n) is 4.47. The predicted molar refractivity (Wildman–Crippen MR) is 92.1 cm³/mol. The van der Waals surface area contributed by atoms with Crippen molar-refractivity contribution in [2.24, 2.45) is 17.8 Å². The Hall–Kier alpha value is -1.53. The van der Waals surface area contributed by atoms with Crippen LogP contribution >= 0.6 is 0 Å². The van der Waals surface area contributed by atoms with Crippen LogP contribution in [0.15, 0.2) is 22.8 Å². The molecule has 2 bridgehead atoms. The number of nitrogens with one attached hydrogen (secondary N) is 1. The summed E-state index contributed by atoms with van der Waals surface area (Å²) in [6.45, 7) is 6.92. The van der Waals surface area contributed by atoms with Gasteiger partial charge < -0.3 is 24.1 Å². The van der Waals surface area contributed by atoms with Gasteiger partial charge in [0.15, 0.2) is 0 Å². The fourth-order valence-corrected chi connectivity index (χ4v) is 4.47. The molecular weight excluding hydrogens is 320 g/mol. The van der Waals surface area contributed by atoms with Gasteiger partial charge in [0.2, 0.25) is 0 Å². The van der Waals surface area contributed by atoms with E-state index < -0.39 is 0 Å². The lowest BCUT2D eigenvalue weighted by molar-refractivity contribution is 0.0708. The number of urea groups is 1. The molecule has 5 atom stereocenters. The third-order valence-electron chi connectivity index (χ3n) is 5.66. The van der Waals surface area contributed by atoms with E-state index in [9.17, 15) is 4.79 Å². The van der Waals surface area contributed by atoms with E-state index in [0.29, 0.717) is 43.2 Å². The summed E-state index contributed by atoms with van der Waals surface area (Å²) in [5.74, 6) is 2.23. The molecular formula is C19H28N2O4. The molecule has 0 saturated carbocycles. The molecule has 0 spiro atoms. The van der Waals surface area contributed by atoms with Crippen LogP contribution < -0.4 is 5.32 Å². The van der Waals surface area contributed by atoms with Gasteiger partial charge in [0.1, 0.15) is 11.8 Å². The SMILES string of the molecule is CC(C)COC[C@H](NC(=O)N1C[C@H]2[C@H](C1)[C@H]1CC[C@H]2O1)c1ccco1. The molecule has 2 amide bonds.